The minimum Gasteiger partial charge on any atom is -0.417 e. The smallest absolute Gasteiger partial charge is 0.191 e. The molecule has 20 heteroatoms. The molecule has 0 saturated carbocycles. The van der Waals surface area contributed by atoms with Crippen LogP contribution in [0, 0.1) is 0 Å². The lowest BCUT2D eigenvalue weighted by molar-refractivity contribution is 0.241. The summed E-state index contributed by atoms with van der Waals surface area (Å²) in [6.45, 7) is 99.7. The van der Waals surface area contributed by atoms with Crippen molar-refractivity contribution in [1.29, 1.82) is 0 Å². The molecular formula is C88H166N4O8Si8. The van der Waals surface area contributed by atoms with Crippen molar-refractivity contribution >= 4 is 113 Å². The molecule has 0 spiro atoms. The summed E-state index contributed by atoms with van der Waals surface area (Å²) in [4.78, 5) is 20.9. The van der Waals surface area contributed by atoms with E-state index in [1.807, 2.05) is 0 Å². The quantitative estimate of drug-likeness (QED) is 0.0374. The zero-order valence-electron chi connectivity index (χ0n) is 77.4. The molecule has 0 radical (unpaired) electrons. The van der Waals surface area contributed by atoms with Crippen molar-refractivity contribution in [2.45, 2.75) is 386 Å². The van der Waals surface area contributed by atoms with Crippen LogP contribution in [0.3, 0.4) is 0 Å². The fraction of sp³-hybridized carbons (Fsp3) is 0.773. The molecule has 5 rings (SSSR count). The highest BCUT2D eigenvalue weighted by molar-refractivity contribution is 6.77. The Morgan fingerprint density at radius 2 is 0.370 bits per heavy atom. The lowest BCUT2D eigenvalue weighted by atomic mass is 9.90. The summed E-state index contributed by atoms with van der Waals surface area (Å²) in [5.74, 6) is 0.0340. The number of rotatable bonds is 36. The van der Waals surface area contributed by atoms with Crippen LogP contribution in [-0.2, 0) is 35.4 Å². The second-order valence-corrected chi connectivity index (χ2v) is 83.1. The average Bonchev–Trinajstić information content (AvgIpc) is 1.61. The number of fused-ring (bicyclic) bond motifs is 8. The van der Waals surface area contributed by atoms with Gasteiger partial charge in [0.05, 0.1) is 22.8 Å². The Kier molecular flexibility index (Phi) is 32.1. The van der Waals surface area contributed by atoms with Crippen molar-refractivity contribution in [2.75, 3.05) is 52.9 Å². The molecule has 3 aromatic rings. The molecule has 618 valence electrons. The molecule has 0 aromatic carbocycles. The summed E-state index contributed by atoms with van der Waals surface area (Å²) in [5, 5.41) is 0.381. The maximum absolute atomic E-state index is 7.27. The first-order valence-electron chi connectivity index (χ1n) is 41.9. The van der Waals surface area contributed by atoms with E-state index in [0.29, 0.717) is 52.9 Å². The first-order chi connectivity index (χ1) is 48.6. The number of nitrogens with zero attached hydrogens (tertiary/aromatic N) is 2. The Morgan fingerprint density at radius 3 is 0.537 bits per heavy atom. The number of aromatic nitrogens is 4. The van der Waals surface area contributed by atoms with Gasteiger partial charge in [-0.25, -0.2) is 9.97 Å². The van der Waals surface area contributed by atoms with E-state index in [1.54, 1.807) is 0 Å². The molecule has 2 aliphatic rings. The van der Waals surface area contributed by atoms with Crippen molar-refractivity contribution in [3.05, 3.63) is 69.3 Å². The van der Waals surface area contributed by atoms with E-state index >= 15 is 0 Å². The first-order valence-corrected chi connectivity index (χ1v) is 65.2. The SMILES string of the molecule is CC(C)(C)[Si](C)(C)OCCC(CCO[Si](C)(C)C(C)(C)C)c1c2nc(c(C(CCO[Si](C)(C)C(C)(C)C)CCO[Si](C)(C)C(C)(C)C)c3ccc([nH]3)c(C(CCO[Si](C)(C)C(C)(C)C)CCO[Si](C)(C)C(C)(C)C)c3ccc([nH]3)c(C(CCO[Si](C)(C)C(C)(C)C)CCO[Si](C)(C)C(C)(C)C)c3nc1C=C3)C=C2. The molecule has 0 unspecified atom stereocenters. The molecule has 5 heterocycles. The Morgan fingerprint density at radius 1 is 0.231 bits per heavy atom. The summed E-state index contributed by atoms with van der Waals surface area (Å²) in [5.41, 5.74) is 12.9. The van der Waals surface area contributed by atoms with E-state index in [0.717, 1.165) is 102 Å². The van der Waals surface area contributed by atoms with E-state index < -0.39 is 66.5 Å². The van der Waals surface area contributed by atoms with Gasteiger partial charge in [0.2, 0.25) is 0 Å². The predicted molar refractivity (Wildman–Crippen MR) is 492 cm³/mol. The highest BCUT2D eigenvalue weighted by Gasteiger charge is 2.45. The molecule has 0 saturated heterocycles. The lowest BCUT2D eigenvalue weighted by Crippen LogP contribution is -2.41. The predicted octanol–water partition coefficient (Wildman–Crippen LogP) is 28.3. The summed E-state index contributed by atoms with van der Waals surface area (Å²) < 4.78 is 58.1. The van der Waals surface area contributed by atoms with Crippen LogP contribution in [0.2, 0.25) is 145 Å². The average molecular weight is 1630 g/mol. The van der Waals surface area contributed by atoms with Crippen LogP contribution in [-0.4, -0.2) is 139 Å². The highest BCUT2D eigenvalue weighted by atomic mass is 28.4. The van der Waals surface area contributed by atoms with Gasteiger partial charge in [0.1, 0.15) is 0 Å². The van der Waals surface area contributed by atoms with Crippen molar-refractivity contribution in [1.82, 2.24) is 19.9 Å². The molecule has 0 aliphatic carbocycles. The molecule has 2 N–H and O–H groups in total. The van der Waals surface area contributed by atoms with Crippen LogP contribution in [0.1, 0.15) is 286 Å². The van der Waals surface area contributed by atoms with Gasteiger partial charge >= 0.3 is 0 Å². The summed E-state index contributed by atoms with van der Waals surface area (Å²) >= 11 is 0. The van der Waals surface area contributed by atoms with E-state index in [1.165, 1.54) is 16.7 Å². The van der Waals surface area contributed by atoms with Crippen molar-refractivity contribution in [3.8, 4) is 0 Å². The van der Waals surface area contributed by atoms with Gasteiger partial charge in [0.25, 0.3) is 0 Å². The van der Waals surface area contributed by atoms with E-state index in [9.17, 15) is 0 Å². The summed E-state index contributed by atoms with van der Waals surface area (Å²) in [6.07, 6.45) is 15.7. The largest absolute Gasteiger partial charge is 0.417 e. The lowest BCUT2D eigenvalue weighted by Gasteiger charge is -2.37. The number of hydrogen-bond acceptors (Lipinski definition) is 10. The Hall–Kier alpha value is -1.98. The van der Waals surface area contributed by atoms with Crippen LogP contribution in [0.15, 0.2) is 24.3 Å². The van der Waals surface area contributed by atoms with Gasteiger partial charge in [-0.3, -0.25) is 0 Å². The minimum atomic E-state index is -2.17. The Balaban J connectivity index is 2.16. The Labute approximate surface area is 672 Å². The van der Waals surface area contributed by atoms with Gasteiger partial charge < -0.3 is 45.4 Å². The molecule has 0 amide bonds. The van der Waals surface area contributed by atoms with Gasteiger partial charge in [-0.15, -0.1) is 0 Å². The number of H-pyrrole nitrogens is 2. The van der Waals surface area contributed by atoms with Gasteiger partial charge in [-0.05, 0) is 269 Å². The summed E-state index contributed by atoms with van der Waals surface area (Å²) in [6, 6.07) is 9.51. The van der Waals surface area contributed by atoms with Gasteiger partial charge in [0.15, 0.2) is 66.5 Å². The molecule has 8 bridgehead atoms. The van der Waals surface area contributed by atoms with Crippen molar-refractivity contribution in [2.24, 2.45) is 0 Å². The third-order valence-corrected chi connectivity index (χ3v) is 64.7. The van der Waals surface area contributed by atoms with Gasteiger partial charge in [-0.2, -0.15) is 0 Å². The second-order valence-electron chi connectivity index (χ2n) is 44.6. The molecular weight excluding hydrogens is 1470 g/mol. The summed E-state index contributed by atoms with van der Waals surface area (Å²) in [7, 11) is -17.3. The molecule has 2 aliphatic heterocycles. The standard InChI is InChI=1S/C88H166N4O8Si8/c1-81(2,3)101(25,26)93-57-49-65(50-58-94-102(27,28)82(4,5)6)77-69-41-43-71(89-69)78(66(51-59-95-103(29,30)83(7,8)9)52-60-96-104(31,32)84(10,11)12)73-45-47-75(91-73)80(68(55-63-99-107(37,38)87(19,20)21)56-64-100-108(39,40)88(22,23)24)76-48-46-74(92-76)79(72-44-42-70(77)90-72)67(53-61-97-105(33,34)85(13,14)15)54-62-98-106(35,36)86(16,17)18/h41-48,65-68,89-90H,49-64H2,1-40H3. The van der Waals surface area contributed by atoms with E-state index in [-0.39, 0.29) is 64.0 Å². The van der Waals surface area contributed by atoms with Crippen LogP contribution in [0.25, 0.3) is 46.4 Å². The van der Waals surface area contributed by atoms with Gasteiger partial charge in [0, 0.05) is 97.2 Å². The number of nitrogens with one attached hydrogen (secondary N) is 2. The molecule has 12 nitrogen and oxygen atoms in total. The normalized spacial score (nSPS) is 15.1. The highest BCUT2D eigenvalue weighted by Crippen LogP contribution is 2.48. The third kappa shape index (κ3) is 25.0. The molecule has 108 heavy (non-hydrogen) atoms. The maximum Gasteiger partial charge on any atom is 0.191 e. The Bertz CT molecular complexity index is 3360. The fourth-order valence-electron chi connectivity index (χ4n) is 12.1. The third-order valence-electron chi connectivity index (χ3n) is 28.4. The fourth-order valence-corrected chi connectivity index (χ4v) is 20.6. The zero-order chi connectivity index (χ0) is 82.7. The van der Waals surface area contributed by atoms with Gasteiger partial charge in [-0.1, -0.05) is 166 Å². The van der Waals surface area contributed by atoms with E-state index in [4.69, 9.17) is 45.4 Å². The van der Waals surface area contributed by atoms with Crippen LogP contribution < -0.4 is 0 Å². The maximum atomic E-state index is 7.27. The number of aromatic amines is 2. The van der Waals surface area contributed by atoms with Crippen molar-refractivity contribution in [3.63, 3.8) is 0 Å². The van der Waals surface area contributed by atoms with Crippen molar-refractivity contribution < 1.29 is 35.4 Å². The monoisotopic (exact) mass is 1630 g/mol. The minimum absolute atomic E-state index is 0.00851. The van der Waals surface area contributed by atoms with Crippen LogP contribution in [0.4, 0.5) is 0 Å². The molecule has 0 fully saturated rings. The van der Waals surface area contributed by atoms with Crippen LogP contribution >= 0.6 is 0 Å². The first kappa shape index (κ1) is 96.6. The van der Waals surface area contributed by atoms with Crippen LogP contribution in [0.5, 0.6) is 0 Å². The topological polar surface area (TPSA) is 131 Å². The second kappa shape index (κ2) is 35.9. The molecule has 0 atom stereocenters. The number of hydrogen-bond donors (Lipinski definition) is 2. The zero-order valence-corrected chi connectivity index (χ0v) is 85.4. The molecule has 3 aromatic heterocycles. The van der Waals surface area contributed by atoms with E-state index in [2.05, 4.69) is 329 Å².